The van der Waals surface area contributed by atoms with Crippen LogP contribution in [-0.4, -0.2) is 10.9 Å². The number of carbonyl (C=O) groups is 1. The minimum absolute atomic E-state index is 0.225. The normalized spacial score (nSPS) is 10.7. The Morgan fingerprint density at radius 3 is 2.54 bits per heavy atom. The summed E-state index contributed by atoms with van der Waals surface area (Å²) in [6.45, 7) is 4.80. The third-order valence-electron chi connectivity index (χ3n) is 4.24. The Morgan fingerprint density at radius 2 is 1.82 bits per heavy atom. The number of hydrogen-bond donors (Lipinski definition) is 2. The monoisotopic (exact) mass is 375 g/mol. The highest BCUT2D eigenvalue weighted by Gasteiger charge is 2.09. The van der Waals surface area contributed by atoms with Crippen LogP contribution in [0.25, 0.3) is 0 Å². The van der Waals surface area contributed by atoms with Gasteiger partial charge in [-0.2, -0.15) is 0 Å². The number of rotatable bonds is 7. The molecule has 3 aromatic rings. The van der Waals surface area contributed by atoms with Crippen LogP contribution in [0.2, 0.25) is 0 Å². The molecule has 1 heterocycles. The van der Waals surface area contributed by atoms with Crippen molar-refractivity contribution in [3.05, 3.63) is 83.6 Å². The smallest absolute Gasteiger partial charge is 0.255 e. The number of aromatic nitrogens is 1. The molecule has 0 fully saturated rings. The average Bonchev–Trinajstić information content (AvgIpc) is 2.67. The number of nitrogen functional groups attached to an aromatic ring is 1. The molecule has 5 nitrogen and oxygen atoms in total. The summed E-state index contributed by atoms with van der Waals surface area (Å²) in [4.78, 5) is 16.1. The van der Waals surface area contributed by atoms with Gasteiger partial charge in [0.05, 0.1) is 5.56 Å². The van der Waals surface area contributed by atoms with Crippen LogP contribution in [0, 0.1) is 5.92 Å². The van der Waals surface area contributed by atoms with E-state index >= 15 is 0 Å². The standard InChI is InChI=1S/C23H25N3O2/c1-16(2)13-18-5-3-6-20(14-18)28-19-10-8-17(9-11-19)15-26-23(27)21-7-4-12-25-22(21)24/h3-12,14,16H,13,15H2,1-2H3,(H2,24,25)(H,26,27). The first kappa shape index (κ1) is 19.4. The number of amides is 1. The van der Waals surface area contributed by atoms with Gasteiger partial charge < -0.3 is 15.8 Å². The molecule has 144 valence electrons. The lowest BCUT2D eigenvalue weighted by Crippen LogP contribution is -2.24. The van der Waals surface area contributed by atoms with E-state index in [-0.39, 0.29) is 11.7 Å². The molecule has 0 aliphatic heterocycles. The number of benzene rings is 2. The van der Waals surface area contributed by atoms with Gasteiger partial charge in [-0.15, -0.1) is 0 Å². The zero-order chi connectivity index (χ0) is 19.9. The van der Waals surface area contributed by atoms with Gasteiger partial charge in [0.1, 0.15) is 17.3 Å². The number of ether oxygens (including phenoxy) is 1. The van der Waals surface area contributed by atoms with Crippen LogP contribution in [0.5, 0.6) is 11.5 Å². The number of pyridine rings is 1. The van der Waals surface area contributed by atoms with E-state index in [0.717, 1.165) is 23.5 Å². The molecule has 3 rings (SSSR count). The fraction of sp³-hybridized carbons (Fsp3) is 0.217. The van der Waals surface area contributed by atoms with Crippen molar-refractivity contribution in [3.63, 3.8) is 0 Å². The molecule has 0 atom stereocenters. The second-order valence-corrected chi connectivity index (χ2v) is 7.11. The molecule has 0 bridgehead atoms. The summed E-state index contributed by atoms with van der Waals surface area (Å²) < 4.78 is 5.95. The van der Waals surface area contributed by atoms with Gasteiger partial charge in [-0.1, -0.05) is 38.1 Å². The number of nitrogens with one attached hydrogen (secondary N) is 1. The van der Waals surface area contributed by atoms with Crippen LogP contribution >= 0.6 is 0 Å². The molecule has 0 saturated heterocycles. The predicted octanol–water partition coefficient (Wildman–Crippen LogP) is 4.58. The molecule has 0 spiro atoms. The van der Waals surface area contributed by atoms with Gasteiger partial charge in [0, 0.05) is 12.7 Å². The summed E-state index contributed by atoms with van der Waals surface area (Å²) >= 11 is 0. The van der Waals surface area contributed by atoms with E-state index in [9.17, 15) is 4.79 Å². The quantitative estimate of drug-likeness (QED) is 0.633. The molecule has 1 aromatic heterocycles. The van der Waals surface area contributed by atoms with Crippen LogP contribution < -0.4 is 15.8 Å². The Labute approximate surface area is 165 Å². The summed E-state index contributed by atoms with van der Waals surface area (Å²) in [5.74, 6) is 2.17. The molecule has 0 saturated carbocycles. The van der Waals surface area contributed by atoms with Gasteiger partial charge in [0.15, 0.2) is 0 Å². The van der Waals surface area contributed by atoms with Crippen LogP contribution in [0.3, 0.4) is 0 Å². The molecule has 0 radical (unpaired) electrons. The van der Waals surface area contributed by atoms with Crippen molar-refractivity contribution >= 4 is 11.7 Å². The molecule has 28 heavy (non-hydrogen) atoms. The second kappa shape index (κ2) is 9.04. The maximum absolute atomic E-state index is 12.2. The molecule has 2 aromatic carbocycles. The first-order chi connectivity index (χ1) is 13.5. The van der Waals surface area contributed by atoms with E-state index in [2.05, 4.69) is 36.3 Å². The Kier molecular flexibility index (Phi) is 6.27. The van der Waals surface area contributed by atoms with Crippen molar-refractivity contribution in [2.45, 2.75) is 26.8 Å². The van der Waals surface area contributed by atoms with Gasteiger partial charge in [-0.05, 0) is 59.9 Å². The largest absolute Gasteiger partial charge is 0.457 e. The van der Waals surface area contributed by atoms with Crippen molar-refractivity contribution in [1.82, 2.24) is 10.3 Å². The molecule has 0 aliphatic carbocycles. The molecular weight excluding hydrogens is 350 g/mol. The maximum atomic E-state index is 12.2. The van der Waals surface area contributed by atoms with Crippen LogP contribution in [-0.2, 0) is 13.0 Å². The number of anilines is 1. The molecule has 5 heteroatoms. The Balaban J connectivity index is 1.58. The third-order valence-corrected chi connectivity index (χ3v) is 4.24. The number of nitrogens with zero attached hydrogens (tertiary/aromatic N) is 1. The highest BCUT2D eigenvalue weighted by molar-refractivity contribution is 5.98. The fourth-order valence-electron chi connectivity index (χ4n) is 2.91. The zero-order valence-corrected chi connectivity index (χ0v) is 16.2. The first-order valence-corrected chi connectivity index (χ1v) is 9.35. The van der Waals surface area contributed by atoms with Gasteiger partial charge in [0.25, 0.3) is 5.91 Å². The molecule has 3 N–H and O–H groups in total. The van der Waals surface area contributed by atoms with Crippen molar-refractivity contribution in [3.8, 4) is 11.5 Å². The lowest BCUT2D eigenvalue weighted by Gasteiger charge is -2.10. The van der Waals surface area contributed by atoms with Crippen molar-refractivity contribution in [1.29, 1.82) is 0 Å². The lowest BCUT2D eigenvalue weighted by molar-refractivity contribution is 0.0951. The minimum atomic E-state index is -0.243. The SMILES string of the molecule is CC(C)Cc1cccc(Oc2ccc(CNC(=O)c3cccnc3N)cc2)c1. The third kappa shape index (κ3) is 5.33. The summed E-state index contributed by atoms with van der Waals surface area (Å²) in [5, 5.41) is 2.85. The Bertz CT molecular complexity index is 937. The maximum Gasteiger partial charge on any atom is 0.255 e. The van der Waals surface area contributed by atoms with E-state index in [1.807, 2.05) is 36.4 Å². The Morgan fingerprint density at radius 1 is 1.04 bits per heavy atom. The van der Waals surface area contributed by atoms with Crippen molar-refractivity contribution < 1.29 is 9.53 Å². The summed E-state index contributed by atoms with van der Waals surface area (Å²) in [6.07, 6.45) is 2.58. The van der Waals surface area contributed by atoms with E-state index in [1.54, 1.807) is 18.3 Å². The molecule has 0 unspecified atom stereocenters. The molecule has 0 aliphatic rings. The number of hydrogen-bond acceptors (Lipinski definition) is 4. The highest BCUT2D eigenvalue weighted by atomic mass is 16.5. The summed E-state index contributed by atoms with van der Waals surface area (Å²) in [7, 11) is 0. The lowest BCUT2D eigenvalue weighted by atomic mass is 10.0. The Hall–Kier alpha value is -3.34. The molecular formula is C23H25N3O2. The van der Waals surface area contributed by atoms with Gasteiger partial charge >= 0.3 is 0 Å². The van der Waals surface area contributed by atoms with Crippen molar-refractivity contribution in [2.75, 3.05) is 5.73 Å². The fourth-order valence-corrected chi connectivity index (χ4v) is 2.91. The number of nitrogens with two attached hydrogens (primary N) is 1. The van der Waals surface area contributed by atoms with E-state index < -0.39 is 0 Å². The van der Waals surface area contributed by atoms with Gasteiger partial charge in [0.2, 0.25) is 0 Å². The summed E-state index contributed by atoms with van der Waals surface area (Å²) in [6, 6.07) is 19.2. The van der Waals surface area contributed by atoms with Gasteiger partial charge in [-0.25, -0.2) is 4.98 Å². The number of carbonyl (C=O) groups excluding carboxylic acids is 1. The minimum Gasteiger partial charge on any atom is -0.457 e. The van der Waals surface area contributed by atoms with Crippen LogP contribution in [0.1, 0.15) is 35.3 Å². The molecule has 1 amide bonds. The first-order valence-electron chi connectivity index (χ1n) is 9.35. The van der Waals surface area contributed by atoms with Crippen LogP contribution in [0.4, 0.5) is 5.82 Å². The van der Waals surface area contributed by atoms with Gasteiger partial charge in [-0.3, -0.25) is 4.79 Å². The van der Waals surface area contributed by atoms with Crippen molar-refractivity contribution in [2.24, 2.45) is 5.92 Å². The van der Waals surface area contributed by atoms with Crippen LogP contribution in [0.15, 0.2) is 66.9 Å². The van der Waals surface area contributed by atoms with E-state index in [0.29, 0.717) is 18.0 Å². The summed E-state index contributed by atoms with van der Waals surface area (Å²) in [5.41, 5.74) is 8.35. The van der Waals surface area contributed by atoms with E-state index in [4.69, 9.17) is 10.5 Å². The zero-order valence-electron chi connectivity index (χ0n) is 16.2. The second-order valence-electron chi connectivity index (χ2n) is 7.11. The predicted molar refractivity (Wildman–Crippen MR) is 111 cm³/mol. The highest BCUT2D eigenvalue weighted by Crippen LogP contribution is 2.23. The average molecular weight is 375 g/mol. The topological polar surface area (TPSA) is 77.2 Å². The van der Waals surface area contributed by atoms with E-state index in [1.165, 1.54) is 5.56 Å².